The fraction of sp³-hybridized carbons (Fsp3) is 0.353. The van der Waals surface area contributed by atoms with Crippen molar-refractivity contribution in [1.29, 1.82) is 0 Å². The fourth-order valence-electron chi connectivity index (χ4n) is 6.31. The molecule has 0 bridgehead atoms. The number of carbonyl (C=O) groups is 3. The Balaban J connectivity index is 1.53. The number of nitrogens with zero attached hydrogens (tertiary/aromatic N) is 1. The number of likely N-dealkylation sites (N-methyl/N-ethyl adjacent to an activating group) is 1. The van der Waals surface area contributed by atoms with Gasteiger partial charge in [-0.05, 0) is 58.9 Å². The number of nitrogens with one attached hydrogen (secondary N) is 3. The molecule has 2 aliphatic rings. The van der Waals surface area contributed by atoms with Crippen LogP contribution in [-0.2, 0) is 33.8 Å². The quantitative estimate of drug-likeness (QED) is 0.353. The van der Waals surface area contributed by atoms with Crippen molar-refractivity contribution in [1.82, 2.24) is 15.5 Å². The van der Waals surface area contributed by atoms with E-state index in [4.69, 9.17) is 14.2 Å². The summed E-state index contributed by atoms with van der Waals surface area (Å²) in [6, 6.07) is 13.4. The van der Waals surface area contributed by atoms with Gasteiger partial charge in [0.15, 0.2) is 11.5 Å². The van der Waals surface area contributed by atoms with Crippen LogP contribution in [0, 0.1) is 0 Å². The molecular weight excluding hydrogens is 576 g/mol. The predicted octanol–water partition coefficient (Wildman–Crippen LogP) is 2.97. The van der Waals surface area contributed by atoms with Crippen LogP contribution in [0.1, 0.15) is 41.6 Å². The van der Waals surface area contributed by atoms with Crippen molar-refractivity contribution in [2.45, 2.75) is 44.8 Å². The Morgan fingerprint density at radius 1 is 0.933 bits per heavy atom. The van der Waals surface area contributed by atoms with Crippen LogP contribution < -0.4 is 35.6 Å². The van der Waals surface area contributed by atoms with E-state index in [1.165, 1.54) is 20.1 Å². The largest absolute Gasteiger partial charge is 0.493 e. The Hall–Kier alpha value is -5.06. The lowest BCUT2D eigenvalue weighted by molar-refractivity contribution is -0.140. The van der Waals surface area contributed by atoms with E-state index in [0.29, 0.717) is 47.6 Å². The number of aryl methyl sites for hydroxylation is 1. The highest BCUT2D eigenvalue weighted by atomic mass is 16.5. The molecule has 0 saturated carbocycles. The Bertz CT molecular complexity index is 1710. The number of methoxy groups -OCH3 is 3. The van der Waals surface area contributed by atoms with Gasteiger partial charge in [0, 0.05) is 32.5 Å². The van der Waals surface area contributed by atoms with E-state index in [0.717, 1.165) is 22.3 Å². The maximum Gasteiger partial charge on any atom is 0.242 e. The molecule has 3 aromatic carbocycles. The smallest absolute Gasteiger partial charge is 0.242 e. The van der Waals surface area contributed by atoms with Crippen LogP contribution in [0.3, 0.4) is 0 Å². The van der Waals surface area contributed by atoms with Crippen LogP contribution in [0.4, 0.5) is 5.69 Å². The summed E-state index contributed by atoms with van der Waals surface area (Å²) in [5, 5.41) is 8.67. The van der Waals surface area contributed by atoms with Gasteiger partial charge in [0.25, 0.3) is 0 Å². The molecule has 3 amide bonds. The van der Waals surface area contributed by atoms with Crippen molar-refractivity contribution >= 4 is 23.4 Å². The van der Waals surface area contributed by atoms with E-state index < -0.39 is 12.1 Å². The van der Waals surface area contributed by atoms with Crippen LogP contribution in [-0.4, -0.2) is 63.6 Å². The number of benzene rings is 2. The molecule has 0 radical (unpaired) electrons. The Kier molecular flexibility index (Phi) is 9.26. The van der Waals surface area contributed by atoms with Gasteiger partial charge in [0.05, 0.1) is 39.6 Å². The van der Waals surface area contributed by atoms with Crippen molar-refractivity contribution in [3.05, 3.63) is 81.0 Å². The van der Waals surface area contributed by atoms with Crippen molar-refractivity contribution in [3.63, 3.8) is 0 Å². The molecule has 1 aliphatic carbocycles. The molecule has 2 atom stereocenters. The standard InChI is InChI=1S/C34H38N4O7/c1-19(39)37-25-12-10-21-15-29(43-3)32(44-4)33(45-5)31(21)23-11-13-26(28(40)16-24(23)25)36-17-30(41)38-18-22-9-7-6-8-20(22)14-27(38)34(42)35-2/h6-9,11,13,15-16,25,27H,10,12,14,17-18H2,1-5H3,(H,35,42)(H,36,40)(H,37,39)/t25-,27-/m0/s1. The molecule has 3 aromatic rings. The molecule has 0 saturated heterocycles. The van der Waals surface area contributed by atoms with Crippen LogP contribution in [0.2, 0.25) is 0 Å². The molecule has 0 spiro atoms. The van der Waals surface area contributed by atoms with Crippen molar-refractivity contribution < 1.29 is 28.6 Å². The molecule has 45 heavy (non-hydrogen) atoms. The number of carbonyl (C=O) groups excluding carboxylic acids is 3. The second-order valence-corrected chi connectivity index (χ2v) is 11.1. The lowest BCUT2D eigenvalue weighted by atomic mass is 9.93. The van der Waals surface area contributed by atoms with Crippen molar-refractivity contribution in [2.75, 3.05) is 40.2 Å². The first-order chi connectivity index (χ1) is 21.7. The lowest BCUT2D eigenvalue weighted by Gasteiger charge is -2.35. The van der Waals surface area contributed by atoms with Crippen molar-refractivity contribution in [3.8, 4) is 28.4 Å². The minimum atomic E-state index is -0.664. The van der Waals surface area contributed by atoms with Gasteiger partial charge in [-0.15, -0.1) is 0 Å². The van der Waals surface area contributed by atoms with Gasteiger partial charge >= 0.3 is 0 Å². The first-order valence-corrected chi connectivity index (χ1v) is 14.8. The number of hydrogen-bond donors (Lipinski definition) is 3. The van der Waals surface area contributed by atoms with Crippen LogP contribution >= 0.6 is 0 Å². The summed E-state index contributed by atoms with van der Waals surface area (Å²) in [6.07, 6.45) is 1.51. The molecule has 1 aliphatic heterocycles. The van der Waals surface area contributed by atoms with Crippen molar-refractivity contribution in [2.24, 2.45) is 0 Å². The van der Waals surface area contributed by atoms with E-state index >= 15 is 0 Å². The summed E-state index contributed by atoms with van der Waals surface area (Å²) in [7, 11) is 6.17. The summed E-state index contributed by atoms with van der Waals surface area (Å²) >= 11 is 0. The van der Waals surface area contributed by atoms with Gasteiger partial charge in [-0.2, -0.15) is 0 Å². The Morgan fingerprint density at radius 2 is 1.67 bits per heavy atom. The molecule has 236 valence electrons. The second-order valence-electron chi connectivity index (χ2n) is 11.1. The summed E-state index contributed by atoms with van der Waals surface area (Å²) in [4.78, 5) is 53.7. The molecule has 11 nitrogen and oxygen atoms in total. The van der Waals surface area contributed by atoms with E-state index in [1.54, 1.807) is 38.3 Å². The van der Waals surface area contributed by atoms with Gasteiger partial charge in [-0.3, -0.25) is 19.2 Å². The third kappa shape index (κ3) is 6.15. The zero-order valence-corrected chi connectivity index (χ0v) is 26.1. The minimum absolute atomic E-state index is 0.195. The molecule has 0 unspecified atom stereocenters. The highest BCUT2D eigenvalue weighted by Crippen LogP contribution is 2.50. The summed E-state index contributed by atoms with van der Waals surface area (Å²) < 4.78 is 17.1. The Morgan fingerprint density at radius 3 is 2.33 bits per heavy atom. The molecule has 0 fully saturated rings. The average molecular weight is 615 g/mol. The third-order valence-corrected chi connectivity index (χ3v) is 8.46. The summed E-state index contributed by atoms with van der Waals surface area (Å²) in [6.45, 7) is 1.53. The molecule has 1 heterocycles. The van der Waals surface area contributed by atoms with Crippen LogP contribution in [0.5, 0.6) is 17.2 Å². The van der Waals surface area contributed by atoms with Gasteiger partial charge in [0.2, 0.25) is 28.9 Å². The van der Waals surface area contributed by atoms with E-state index in [2.05, 4.69) is 16.0 Å². The highest BCUT2D eigenvalue weighted by Gasteiger charge is 2.34. The SMILES string of the molecule is CNC(=O)[C@@H]1Cc2ccccc2CN1C(=O)CNc1ccc2c(cc1=O)[C@@H](NC(C)=O)CCc1cc(OC)c(OC)c(OC)c1-2. The fourth-order valence-corrected chi connectivity index (χ4v) is 6.31. The minimum Gasteiger partial charge on any atom is -0.493 e. The van der Waals surface area contributed by atoms with Gasteiger partial charge in [0.1, 0.15) is 6.04 Å². The molecule has 11 heteroatoms. The molecular formula is C34H38N4O7. The van der Waals surface area contributed by atoms with Gasteiger partial charge in [-0.25, -0.2) is 0 Å². The molecule has 3 N–H and O–H groups in total. The van der Waals surface area contributed by atoms with Gasteiger partial charge in [-0.1, -0.05) is 30.3 Å². The number of hydrogen-bond acceptors (Lipinski definition) is 8. The first kappa shape index (κ1) is 31.4. The predicted molar refractivity (Wildman–Crippen MR) is 170 cm³/mol. The normalized spacial score (nSPS) is 16.6. The first-order valence-electron chi connectivity index (χ1n) is 14.8. The molecule has 5 rings (SSSR count). The zero-order valence-electron chi connectivity index (χ0n) is 26.1. The number of anilines is 1. The number of amides is 3. The van der Waals surface area contributed by atoms with E-state index in [-0.39, 0.29) is 41.9 Å². The van der Waals surface area contributed by atoms with Crippen LogP contribution in [0.15, 0.2) is 53.3 Å². The second kappa shape index (κ2) is 13.3. The maximum absolute atomic E-state index is 13.7. The maximum atomic E-state index is 13.7. The number of fused-ring (bicyclic) bond motifs is 4. The van der Waals surface area contributed by atoms with E-state index in [1.807, 2.05) is 30.3 Å². The zero-order chi connectivity index (χ0) is 32.2. The summed E-state index contributed by atoms with van der Waals surface area (Å²) in [5.74, 6) is 0.579. The topological polar surface area (TPSA) is 135 Å². The average Bonchev–Trinajstić information content (AvgIpc) is 3.29. The lowest BCUT2D eigenvalue weighted by Crippen LogP contribution is -2.53. The Labute approximate surface area is 261 Å². The van der Waals surface area contributed by atoms with E-state index in [9.17, 15) is 19.2 Å². The summed E-state index contributed by atoms with van der Waals surface area (Å²) in [5.41, 5.74) is 4.80. The van der Waals surface area contributed by atoms with Crippen LogP contribution in [0.25, 0.3) is 11.1 Å². The molecule has 0 aromatic heterocycles. The number of ether oxygens (including phenoxy) is 3. The van der Waals surface area contributed by atoms with Gasteiger partial charge < -0.3 is 35.1 Å². The highest BCUT2D eigenvalue weighted by molar-refractivity contribution is 5.90. The third-order valence-electron chi connectivity index (χ3n) is 8.46. The monoisotopic (exact) mass is 614 g/mol. The number of rotatable bonds is 8.